The summed E-state index contributed by atoms with van der Waals surface area (Å²) in [7, 11) is 0. The second kappa shape index (κ2) is 6.48. The molecular weight excluding hydrogens is 296 g/mol. The Bertz CT molecular complexity index is 615. The molecule has 1 atom stereocenters. The van der Waals surface area contributed by atoms with Gasteiger partial charge in [0.25, 0.3) is 5.91 Å². The van der Waals surface area contributed by atoms with Gasteiger partial charge in [-0.1, -0.05) is 13.8 Å². The van der Waals surface area contributed by atoms with Gasteiger partial charge in [0.05, 0.1) is 0 Å². The fraction of sp³-hybridized carbons (Fsp3) is 0.529. The second-order valence-corrected chi connectivity index (χ2v) is 6.29. The van der Waals surface area contributed by atoms with E-state index >= 15 is 0 Å². The molecule has 1 aromatic carbocycles. The van der Waals surface area contributed by atoms with Gasteiger partial charge in [-0.15, -0.1) is 0 Å². The average molecular weight is 318 g/mol. The van der Waals surface area contributed by atoms with Gasteiger partial charge in [0, 0.05) is 18.7 Å². The summed E-state index contributed by atoms with van der Waals surface area (Å²) >= 11 is 0. The summed E-state index contributed by atoms with van der Waals surface area (Å²) in [5.74, 6) is 1.37. The van der Waals surface area contributed by atoms with E-state index in [1.54, 1.807) is 23.1 Å². The van der Waals surface area contributed by atoms with Crippen molar-refractivity contribution in [2.24, 2.45) is 5.92 Å². The Hall–Kier alpha value is -2.24. The van der Waals surface area contributed by atoms with Crippen LogP contribution >= 0.6 is 0 Å². The van der Waals surface area contributed by atoms with Crippen molar-refractivity contribution >= 4 is 11.8 Å². The minimum Gasteiger partial charge on any atom is -0.486 e. The molecule has 1 fully saturated rings. The first-order valence-corrected chi connectivity index (χ1v) is 8.04. The first-order chi connectivity index (χ1) is 11.1. The standard InChI is InChI=1S/C17H22N2O4/c1-11(2)9-13-16(20)18-5-6-19(13)17(21)12-3-4-14-15(10-12)23-8-7-22-14/h3-4,10-11,13H,5-9H2,1-2H3,(H,18,20). The predicted molar refractivity (Wildman–Crippen MR) is 84.7 cm³/mol. The van der Waals surface area contributed by atoms with E-state index in [1.165, 1.54) is 0 Å². The zero-order valence-corrected chi connectivity index (χ0v) is 13.5. The Morgan fingerprint density at radius 2 is 2.04 bits per heavy atom. The lowest BCUT2D eigenvalue weighted by Crippen LogP contribution is -2.57. The highest BCUT2D eigenvalue weighted by molar-refractivity contribution is 5.98. The number of hydrogen-bond donors (Lipinski definition) is 1. The van der Waals surface area contributed by atoms with Gasteiger partial charge >= 0.3 is 0 Å². The smallest absolute Gasteiger partial charge is 0.254 e. The van der Waals surface area contributed by atoms with Gasteiger partial charge in [-0.25, -0.2) is 0 Å². The first-order valence-electron chi connectivity index (χ1n) is 8.04. The molecule has 0 bridgehead atoms. The normalized spacial score (nSPS) is 20.4. The summed E-state index contributed by atoms with van der Waals surface area (Å²) in [5, 5.41) is 2.85. The molecule has 124 valence electrons. The third kappa shape index (κ3) is 3.25. The highest BCUT2D eigenvalue weighted by Crippen LogP contribution is 2.31. The van der Waals surface area contributed by atoms with Crippen molar-refractivity contribution in [3.63, 3.8) is 0 Å². The van der Waals surface area contributed by atoms with E-state index in [0.717, 1.165) is 0 Å². The van der Waals surface area contributed by atoms with Crippen LogP contribution < -0.4 is 14.8 Å². The maximum Gasteiger partial charge on any atom is 0.254 e. The Morgan fingerprint density at radius 3 is 2.78 bits per heavy atom. The molecule has 2 heterocycles. The van der Waals surface area contributed by atoms with E-state index in [0.29, 0.717) is 55.7 Å². The maximum atomic E-state index is 12.9. The van der Waals surface area contributed by atoms with Crippen LogP contribution in [-0.4, -0.2) is 49.1 Å². The quantitative estimate of drug-likeness (QED) is 0.916. The fourth-order valence-corrected chi connectivity index (χ4v) is 2.98. The topological polar surface area (TPSA) is 67.9 Å². The van der Waals surface area contributed by atoms with Crippen LogP contribution in [0.1, 0.15) is 30.6 Å². The minimum atomic E-state index is -0.413. The third-order valence-corrected chi connectivity index (χ3v) is 4.08. The molecule has 0 spiro atoms. The van der Waals surface area contributed by atoms with Crippen LogP contribution in [0, 0.1) is 5.92 Å². The van der Waals surface area contributed by atoms with E-state index < -0.39 is 6.04 Å². The molecule has 6 heteroatoms. The maximum absolute atomic E-state index is 12.9. The van der Waals surface area contributed by atoms with Gasteiger partial charge in [-0.3, -0.25) is 9.59 Å². The highest BCUT2D eigenvalue weighted by atomic mass is 16.6. The van der Waals surface area contributed by atoms with Gasteiger partial charge in [0.2, 0.25) is 5.91 Å². The van der Waals surface area contributed by atoms with Crippen LogP contribution in [0.4, 0.5) is 0 Å². The number of hydrogen-bond acceptors (Lipinski definition) is 4. The minimum absolute atomic E-state index is 0.0733. The van der Waals surface area contributed by atoms with Gasteiger partial charge in [0.15, 0.2) is 11.5 Å². The van der Waals surface area contributed by atoms with Crippen LogP contribution in [-0.2, 0) is 4.79 Å². The molecule has 23 heavy (non-hydrogen) atoms. The first kappa shape index (κ1) is 15.6. The molecule has 1 aromatic rings. The molecular formula is C17H22N2O4. The lowest BCUT2D eigenvalue weighted by molar-refractivity contribution is -0.128. The third-order valence-electron chi connectivity index (χ3n) is 4.08. The van der Waals surface area contributed by atoms with Crippen molar-refractivity contribution in [2.45, 2.75) is 26.3 Å². The van der Waals surface area contributed by atoms with Crippen LogP contribution in [0.3, 0.4) is 0 Å². The number of fused-ring (bicyclic) bond motifs is 1. The molecule has 1 N–H and O–H groups in total. The molecule has 0 aliphatic carbocycles. The Morgan fingerprint density at radius 1 is 1.30 bits per heavy atom. The molecule has 0 saturated carbocycles. The summed E-state index contributed by atoms with van der Waals surface area (Å²) in [6.07, 6.45) is 0.655. The molecule has 3 rings (SSSR count). The second-order valence-electron chi connectivity index (χ2n) is 6.29. The van der Waals surface area contributed by atoms with Crippen molar-refractivity contribution in [1.29, 1.82) is 0 Å². The number of nitrogens with one attached hydrogen (secondary N) is 1. The molecule has 0 aromatic heterocycles. The lowest BCUT2D eigenvalue weighted by atomic mass is 9.99. The number of rotatable bonds is 3. The largest absolute Gasteiger partial charge is 0.486 e. The summed E-state index contributed by atoms with van der Waals surface area (Å²) in [6, 6.07) is 4.78. The van der Waals surface area contributed by atoms with Gasteiger partial charge in [0.1, 0.15) is 19.3 Å². The average Bonchev–Trinajstić information content (AvgIpc) is 2.55. The molecule has 1 saturated heterocycles. The fourth-order valence-electron chi connectivity index (χ4n) is 2.98. The van der Waals surface area contributed by atoms with E-state index in [9.17, 15) is 9.59 Å². The highest BCUT2D eigenvalue weighted by Gasteiger charge is 2.34. The van der Waals surface area contributed by atoms with Crippen LogP contribution in [0.25, 0.3) is 0 Å². The van der Waals surface area contributed by atoms with E-state index in [-0.39, 0.29) is 11.8 Å². The number of piperazine rings is 1. The number of ether oxygens (including phenoxy) is 2. The van der Waals surface area contributed by atoms with Crippen LogP contribution in [0.2, 0.25) is 0 Å². The molecule has 2 aliphatic rings. The van der Waals surface area contributed by atoms with Gasteiger partial charge in [-0.05, 0) is 30.5 Å². The zero-order valence-electron chi connectivity index (χ0n) is 13.5. The predicted octanol–water partition coefficient (Wildman–Crippen LogP) is 1.44. The summed E-state index contributed by atoms with van der Waals surface area (Å²) in [4.78, 5) is 26.7. The van der Waals surface area contributed by atoms with Crippen molar-refractivity contribution in [3.8, 4) is 11.5 Å². The molecule has 6 nitrogen and oxygen atoms in total. The van der Waals surface area contributed by atoms with E-state index in [2.05, 4.69) is 19.2 Å². The number of benzene rings is 1. The summed E-state index contributed by atoms with van der Waals surface area (Å²) in [5.41, 5.74) is 0.526. The summed E-state index contributed by atoms with van der Waals surface area (Å²) < 4.78 is 11.0. The SMILES string of the molecule is CC(C)CC1C(=O)NCCN1C(=O)c1ccc2c(c1)OCCO2. The molecule has 1 unspecified atom stereocenters. The van der Waals surface area contributed by atoms with Crippen molar-refractivity contribution in [3.05, 3.63) is 23.8 Å². The Labute approximate surface area is 135 Å². The van der Waals surface area contributed by atoms with E-state index in [4.69, 9.17) is 9.47 Å². The molecule has 2 amide bonds. The van der Waals surface area contributed by atoms with Crippen LogP contribution in [0.15, 0.2) is 18.2 Å². The lowest BCUT2D eigenvalue weighted by Gasteiger charge is -2.36. The number of carbonyl (C=O) groups excluding carboxylic acids is 2. The van der Waals surface area contributed by atoms with Crippen molar-refractivity contribution in [1.82, 2.24) is 10.2 Å². The van der Waals surface area contributed by atoms with Crippen molar-refractivity contribution < 1.29 is 19.1 Å². The summed E-state index contributed by atoms with van der Waals surface area (Å²) in [6.45, 7) is 6.11. The number of amides is 2. The van der Waals surface area contributed by atoms with Gasteiger partial charge < -0.3 is 19.7 Å². The Balaban J connectivity index is 1.84. The van der Waals surface area contributed by atoms with Crippen LogP contribution in [0.5, 0.6) is 11.5 Å². The zero-order chi connectivity index (χ0) is 16.4. The molecule has 2 aliphatic heterocycles. The van der Waals surface area contributed by atoms with Gasteiger partial charge in [-0.2, -0.15) is 0 Å². The van der Waals surface area contributed by atoms with Crippen molar-refractivity contribution in [2.75, 3.05) is 26.3 Å². The number of carbonyl (C=O) groups is 2. The van der Waals surface area contributed by atoms with E-state index in [1.807, 2.05) is 0 Å². The monoisotopic (exact) mass is 318 g/mol. The number of nitrogens with zero attached hydrogens (tertiary/aromatic N) is 1. The molecule has 0 radical (unpaired) electrons. The Kier molecular flexibility index (Phi) is 4.41.